The predicted octanol–water partition coefficient (Wildman–Crippen LogP) is 2.35. The SMILES string of the molecule is COCCC(C)(C)OCCC(C)(C)OCCCN. The van der Waals surface area contributed by atoms with E-state index >= 15 is 0 Å². The Hall–Kier alpha value is -0.160. The number of nitrogens with two attached hydrogens (primary N) is 1. The highest BCUT2D eigenvalue weighted by atomic mass is 16.5. The van der Waals surface area contributed by atoms with Gasteiger partial charge in [-0.15, -0.1) is 0 Å². The second kappa shape index (κ2) is 8.86. The largest absolute Gasteiger partial charge is 0.385 e. The second-order valence-corrected chi connectivity index (χ2v) is 5.85. The van der Waals surface area contributed by atoms with Gasteiger partial charge in [-0.1, -0.05) is 0 Å². The van der Waals surface area contributed by atoms with Crippen molar-refractivity contribution >= 4 is 0 Å². The fourth-order valence-corrected chi connectivity index (χ4v) is 1.50. The minimum absolute atomic E-state index is 0.136. The summed E-state index contributed by atoms with van der Waals surface area (Å²) in [5, 5.41) is 0. The van der Waals surface area contributed by atoms with E-state index in [4.69, 9.17) is 19.9 Å². The van der Waals surface area contributed by atoms with Gasteiger partial charge in [0.05, 0.1) is 17.8 Å². The molecule has 0 unspecified atom stereocenters. The maximum Gasteiger partial charge on any atom is 0.0648 e. The van der Waals surface area contributed by atoms with E-state index in [1.807, 2.05) is 0 Å². The molecule has 0 aromatic heterocycles. The van der Waals surface area contributed by atoms with Gasteiger partial charge in [0.15, 0.2) is 0 Å². The lowest BCUT2D eigenvalue weighted by Crippen LogP contribution is -2.32. The maximum absolute atomic E-state index is 5.89. The molecule has 0 fully saturated rings. The third-order valence-electron chi connectivity index (χ3n) is 2.95. The van der Waals surface area contributed by atoms with Gasteiger partial charge in [-0.05, 0) is 53.5 Å². The molecular weight excluding hydrogens is 230 g/mol. The zero-order chi connectivity index (χ0) is 14.1. The molecule has 0 spiro atoms. The molecule has 0 radical (unpaired) electrons. The van der Waals surface area contributed by atoms with E-state index in [1.165, 1.54) is 0 Å². The number of hydrogen-bond acceptors (Lipinski definition) is 4. The lowest BCUT2D eigenvalue weighted by atomic mass is 10.0. The Morgan fingerprint density at radius 1 is 0.833 bits per heavy atom. The molecule has 0 aromatic carbocycles. The fourth-order valence-electron chi connectivity index (χ4n) is 1.50. The number of methoxy groups -OCH3 is 1. The lowest BCUT2D eigenvalue weighted by Gasteiger charge is -2.29. The summed E-state index contributed by atoms with van der Waals surface area (Å²) in [6.45, 7) is 11.2. The average molecular weight is 261 g/mol. The van der Waals surface area contributed by atoms with Crippen LogP contribution in [0.3, 0.4) is 0 Å². The zero-order valence-corrected chi connectivity index (χ0v) is 12.8. The molecule has 0 amide bonds. The zero-order valence-electron chi connectivity index (χ0n) is 12.8. The van der Waals surface area contributed by atoms with Crippen molar-refractivity contribution in [1.82, 2.24) is 0 Å². The van der Waals surface area contributed by atoms with Crippen LogP contribution < -0.4 is 5.73 Å². The highest BCUT2D eigenvalue weighted by molar-refractivity contribution is 4.72. The standard InChI is InChI=1S/C14H31NO3/c1-13(2,7-11-16-5)18-12-8-14(3,4)17-10-6-9-15/h6-12,15H2,1-5H3. The highest BCUT2D eigenvalue weighted by Crippen LogP contribution is 2.19. The predicted molar refractivity (Wildman–Crippen MR) is 74.8 cm³/mol. The molecule has 0 saturated carbocycles. The minimum atomic E-state index is -0.146. The smallest absolute Gasteiger partial charge is 0.0648 e. The van der Waals surface area contributed by atoms with Gasteiger partial charge in [0.25, 0.3) is 0 Å². The van der Waals surface area contributed by atoms with E-state index in [2.05, 4.69) is 27.7 Å². The van der Waals surface area contributed by atoms with Gasteiger partial charge in [-0.2, -0.15) is 0 Å². The van der Waals surface area contributed by atoms with Gasteiger partial charge >= 0.3 is 0 Å². The van der Waals surface area contributed by atoms with E-state index in [1.54, 1.807) is 7.11 Å². The molecule has 2 N–H and O–H groups in total. The van der Waals surface area contributed by atoms with Crippen molar-refractivity contribution in [3.8, 4) is 0 Å². The second-order valence-electron chi connectivity index (χ2n) is 5.85. The Kier molecular flexibility index (Phi) is 8.78. The molecule has 0 aliphatic rings. The van der Waals surface area contributed by atoms with Gasteiger partial charge in [0.2, 0.25) is 0 Å². The molecule has 110 valence electrons. The molecular formula is C14H31NO3. The molecule has 0 aromatic rings. The summed E-state index contributed by atoms with van der Waals surface area (Å²) >= 11 is 0. The van der Waals surface area contributed by atoms with Gasteiger partial charge in [0, 0.05) is 20.3 Å². The quantitative estimate of drug-likeness (QED) is 0.580. The van der Waals surface area contributed by atoms with Crippen LogP contribution in [0, 0.1) is 0 Å². The maximum atomic E-state index is 5.89. The van der Waals surface area contributed by atoms with Gasteiger partial charge in [0.1, 0.15) is 0 Å². The van der Waals surface area contributed by atoms with E-state index in [0.717, 1.165) is 32.5 Å². The number of rotatable bonds is 11. The summed E-state index contributed by atoms with van der Waals surface area (Å²) < 4.78 is 16.7. The highest BCUT2D eigenvalue weighted by Gasteiger charge is 2.22. The van der Waals surface area contributed by atoms with Crippen molar-refractivity contribution in [2.75, 3.05) is 33.5 Å². The Balaban J connectivity index is 3.79. The molecule has 4 heteroatoms. The minimum Gasteiger partial charge on any atom is -0.385 e. The van der Waals surface area contributed by atoms with Crippen LogP contribution in [0.2, 0.25) is 0 Å². The van der Waals surface area contributed by atoms with Crippen LogP contribution in [0.5, 0.6) is 0 Å². The molecule has 0 aliphatic carbocycles. The molecule has 0 aliphatic heterocycles. The van der Waals surface area contributed by atoms with Crippen LogP contribution in [0.1, 0.15) is 47.0 Å². The van der Waals surface area contributed by atoms with Crippen LogP contribution in [0.4, 0.5) is 0 Å². The third-order valence-corrected chi connectivity index (χ3v) is 2.95. The van der Waals surface area contributed by atoms with E-state index in [-0.39, 0.29) is 11.2 Å². The summed E-state index contributed by atoms with van der Waals surface area (Å²) in [6.07, 6.45) is 2.69. The van der Waals surface area contributed by atoms with Crippen LogP contribution in [-0.2, 0) is 14.2 Å². The Labute approximate surface area is 112 Å². The van der Waals surface area contributed by atoms with Gasteiger partial charge in [-0.3, -0.25) is 0 Å². The summed E-state index contributed by atoms with van der Waals surface area (Å²) in [5.41, 5.74) is 5.16. The molecule has 18 heavy (non-hydrogen) atoms. The van der Waals surface area contributed by atoms with Crippen LogP contribution in [0.25, 0.3) is 0 Å². The topological polar surface area (TPSA) is 53.7 Å². The number of hydrogen-bond donors (Lipinski definition) is 1. The summed E-state index contributed by atoms with van der Waals surface area (Å²) in [6, 6.07) is 0. The van der Waals surface area contributed by atoms with Crippen LogP contribution >= 0.6 is 0 Å². The Bertz CT molecular complexity index is 205. The van der Waals surface area contributed by atoms with Crippen molar-refractivity contribution in [2.45, 2.75) is 58.2 Å². The lowest BCUT2D eigenvalue weighted by molar-refractivity contribution is -0.0790. The van der Waals surface area contributed by atoms with Crippen LogP contribution in [-0.4, -0.2) is 44.7 Å². The first-order valence-electron chi connectivity index (χ1n) is 6.80. The molecule has 0 heterocycles. The molecule has 0 bridgehead atoms. The van der Waals surface area contributed by atoms with Crippen LogP contribution in [0.15, 0.2) is 0 Å². The Morgan fingerprint density at radius 2 is 1.33 bits per heavy atom. The van der Waals surface area contributed by atoms with Crippen molar-refractivity contribution in [1.29, 1.82) is 0 Å². The van der Waals surface area contributed by atoms with E-state index in [9.17, 15) is 0 Å². The fraction of sp³-hybridized carbons (Fsp3) is 1.00. The normalized spacial score (nSPS) is 13.0. The average Bonchev–Trinajstić information content (AvgIpc) is 2.26. The monoisotopic (exact) mass is 261 g/mol. The van der Waals surface area contributed by atoms with E-state index < -0.39 is 0 Å². The Morgan fingerprint density at radius 3 is 1.83 bits per heavy atom. The molecule has 0 saturated heterocycles. The van der Waals surface area contributed by atoms with Gasteiger partial charge in [-0.25, -0.2) is 0 Å². The summed E-state index contributed by atoms with van der Waals surface area (Å²) in [7, 11) is 1.71. The van der Waals surface area contributed by atoms with Crippen molar-refractivity contribution in [3.63, 3.8) is 0 Å². The molecule has 0 rings (SSSR count). The number of ether oxygens (including phenoxy) is 3. The van der Waals surface area contributed by atoms with Crippen molar-refractivity contribution in [3.05, 3.63) is 0 Å². The van der Waals surface area contributed by atoms with Crippen molar-refractivity contribution < 1.29 is 14.2 Å². The first-order valence-corrected chi connectivity index (χ1v) is 6.80. The first kappa shape index (κ1) is 17.8. The molecule has 0 atom stereocenters. The van der Waals surface area contributed by atoms with Gasteiger partial charge < -0.3 is 19.9 Å². The van der Waals surface area contributed by atoms with Crippen molar-refractivity contribution in [2.24, 2.45) is 5.73 Å². The van der Waals surface area contributed by atoms with E-state index in [0.29, 0.717) is 13.2 Å². The summed E-state index contributed by atoms with van der Waals surface area (Å²) in [4.78, 5) is 0. The third kappa shape index (κ3) is 9.83. The summed E-state index contributed by atoms with van der Waals surface area (Å²) in [5.74, 6) is 0. The first-order chi connectivity index (χ1) is 8.33. The molecule has 4 nitrogen and oxygen atoms in total.